The third-order valence-electron chi connectivity index (χ3n) is 3.29. The third-order valence-corrected chi connectivity index (χ3v) is 3.29. The Morgan fingerprint density at radius 1 is 1.39 bits per heavy atom. The van der Waals surface area contributed by atoms with Gasteiger partial charge in [0.2, 0.25) is 5.91 Å². The van der Waals surface area contributed by atoms with E-state index in [0.717, 1.165) is 13.0 Å². The maximum atomic E-state index is 11.8. The van der Waals surface area contributed by atoms with E-state index in [1.165, 1.54) is 0 Å². The summed E-state index contributed by atoms with van der Waals surface area (Å²) < 4.78 is 5.26. The van der Waals surface area contributed by atoms with Gasteiger partial charge in [0.15, 0.2) is 0 Å². The molecule has 0 bridgehead atoms. The molecule has 0 aromatic carbocycles. The van der Waals surface area contributed by atoms with Crippen molar-refractivity contribution in [2.45, 2.75) is 51.1 Å². The molecule has 106 valence electrons. The summed E-state index contributed by atoms with van der Waals surface area (Å²) in [6.07, 6.45) is 2.71. The van der Waals surface area contributed by atoms with Gasteiger partial charge in [-0.25, -0.2) is 0 Å². The van der Waals surface area contributed by atoms with Gasteiger partial charge in [-0.05, 0) is 25.8 Å². The van der Waals surface area contributed by atoms with E-state index in [9.17, 15) is 9.90 Å². The van der Waals surface area contributed by atoms with Crippen LogP contribution in [0.1, 0.15) is 39.5 Å². The molecule has 1 saturated heterocycles. The molecule has 0 radical (unpaired) electrons. The molecule has 1 aliphatic heterocycles. The summed E-state index contributed by atoms with van der Waals surface area (Å²) in [5, 5.41) is 15.7. The summed E-state index contributed by atoms with van der Waals surface area (Å²) in [5.74, 6) is 0.0245. The van der Waals surface area contributed by atoms with Crippen molar-refractivity contribution in [1.29, 1.82) is 0 Å². The molecule has 0 atom stereocenters. The standard InChI is InChI=1S/C13H26N2O3/c1-11(2)14-7-3-4-12(17)15-13(10-16)5-8-18-9-6-13/h11,14,16H,3-10H2,1-2H3,(H,15,17). The molecule has 18 heavy (non-hydrogen) atoms. The normalized spacial score (nSPS) is 18.9. The van der Waals surface area contributed by atoms with Crippen molar-refractivity contribution in [2.75, 3.05) is 26.4 Å². The van der Waals surface area contributed by atoms with Gasteiger partial charge < -0.3 is 20.5 Å². The minimum atomic E-state index is -0.458. The molecule has 1 heterocycles. The van der Waals surface area contributed by atoms with Gasteiger partial charge in [0.05, 0.1) is 12.1 Å². The van der Waals surface area contributed by atoms with Crippen molar-refractivity contribution >= 4 is 5.91 Å². The Morgan fingerprint density at radius 3 is 2.61 bits per heavy atom. The van der Waals surface area contributed by atoms with Gasteiger partial charge in [-0.3, -0.25) is 4.79 Å². The zero-order valence-electron chi connectivity index (χ0n) is 11.5. The van der Waals surface area contributed by atoms with Gasteiger partial charge >= 0.3 is 0 Å². The predicted molar refractivity (Wildman–Crippen MR) is 70.4 cm³/mol. The first-order valence-corrected chi connectivity index (χ1v) is 6.81. The molecule has 1 amide bonds. The summed E-state index contributed by atoms with van der Waals surface area (Å²) in [6.45, 7) is 6.23. The number of hydrogen-bond donors (Lipinski definition) is 3. The maximum Gasteiger partial charge on any atom is 0.220 e. The number of aliphatic hydroxyl groups excluding tert-OH is 1. The zero-order chi connectivity index (χ0) is 13.4. The molecule has 3 N–H and O–H groups in total. The van der Waals surface area contributed by atoms with Crippen molar-refractivity contribution in [3.8, 4) is 0 Å². The van der Waals surface area contributed by atoms with Crippen LogP contribution in [0.4, 0.5) is 0 Å². The summed E-state index contributed by atoms with van der Waals surface area (Å²) in [6, 6.07) is 0.451. The highest BCUT2D eigenvalue weighted by atomic mass is 16.5. The fraction of sp³-hybridized carbons (Fsp3) is 0.923. The van der Waals surface area contributed by atoms with Crippen LogP contribution in [0.15, 0.2) is 0 Å². The minimum absolute atomic E-state index is 0.00760. The SMILES string of the molecule is CC(C)NCCCC(=O)NC1(CO)CCOCC1. The monoisotopic (exact) mass is 258 g/mol. The van der Waals surface area contributed by atoms with Gasteiger partial charge in [0.1, 0.15) is 0 Å². The molecule has 0 aromatic heterocycles. The van der Waals surface area contributed by atoms with Crippen LogP contribution < -0.4 is 10.6 Å². The lowest BCUT2D eigenvalue weighted by molar-refractivity contribution is -0.125. The fourth-order valence-corrected chi connectivity index (χ4v) is 2.08. The molecule has 0 spiro atoms. The average molecular weight is 258 g/mol. The number of hydrogen-bond acceptors (Lipinski definition) is 4. The van der Waals surface area contributed by atoms with Gasteiger partial charge in [-0.1, -0.05) is 13.8 Å². The predicted octanol–water partition coefficient (Wildman–Crippen LogP) is 0.422. The highest BCUT2D eigenvalue weighted by Gasteiger charge is 2.33. The summed E-state index contributed by atoms with van der Waals surface area (Å²) in [4.78, 5) is 11.8. The van der Waals surface area contributed by atoms with E-state index in [1.807, 2.05) is 0 Å². The second kappa shape index (κ2) is 7.71. The van der Waals surface area contributed by atoms with Crippen LogP contribution in [0.25, 0.3) is 0 Å². The second-order valence-electron chi connectivity index (χ2n) is 5.31. The third kappa shape index (κ3) is 5.33. The van der Waals surface area contributed by atoms with Crippen LogP contribution in [0.2, 0.25) is 0 Å². The fourth-order valence-electron chi connectivity index (χ4n) is 2.08. The number of aliphatic hydroxyl groups is 1. The molecule has 5 nitrogen and oxygen atoms in total. The first-order chi connectivity index (χ1) is 8.58. The van der Waals surface area contributed by atoms with Gasteiger partial charge in [0, 0.05) is 25.7 Å². The van der Waals surface area contributed by atoms with E-state index in [-0.39, 0.29) is 12.5 Å². The van der Waals surface area contributed by atoms with E-state index in [2.05, 4.69) is 24.5 Å². The summed E-state index contributed by atoms with van der Waals surface area (Å²) >= 11 is 0. The Morgan fingerprint density at radius 2 is 2.06 bits per heavy atom. The van der Waals surface area contributed by atoms with E-state index >= 15 is 0 Å². The summed E-state index contributed by atoms with van der Waals surface area (Å²) in [7, 11) is 0. The van der Waals surface area contributed by atoms with E-state index in [4.69, 9.17) is 4.74 Å². The second-order valence-corrected chi connectivity index (χ2v) is 5.31. The number of rotatable bonds is 7. The number of ether oxygens (including phenoxy) is 1. The topological polar surface area (TPSA) is 70.6 Å². The molecule has 0 aliphatic carbocycles. The highest BCUT2D eigenvalue weighted by Crippen LogP contribution is 2.20. The Kier molecular flexibility index (Phi) is 6.60. The quantitative estimate of drug-likeness (QED) is 0.579. The molecule has 1 rings (SSSR count). The number of carbonyl (C=O) groups is 1. The Labute approximate surface area is 109 Å². The van der Waals surface area contributed by atoms with Crippen LogP contribution in [-0.4, -0.2) is 49.0 Å². The van der Waals surface area contributed by atoms with Gasteiger partial charge in [-0.15, -0.1) is 0 Å². The van der Waals surface area contributed by atoms with Crippen molar-refractivity contribution in [3.63, 3.8) is 0 Å². The van der Waals surface area contributed by atoms with Gasteiger partial charge in [-0.2, -0.15) is 0 Å². The average Bonchev–Trinajstić information content (AvgIpc) is 2.35. The van der Waals surface area contributed by atoms with Gasteiger partial charge in [0.25, 0.3) is 0 Å². The molecule has 0 aromatic rings. The van der Waals surface area contributed by atoms with E-state index < -0.39 is 5.54 Å². The molecule has 0 saturated carbocycles. The molecule has 5 heteroatoms. The van der Waals surface area contributed by atoms with Crippen LogP contribution in [0.3, 0.4) is 0 Å². The van der Waals surface area contributed by atoms with Crippen molar-refractivity contribution in [1.82, 2.24) is 10.6 Å². The van der Waals surface area contributed by atoms with E-state index in [0.29, 0.717) is 38.5 Å². The van der Waals surface area contributed by atoms with Crippen molar-refractivity contribution in [2.24, 2.45) is 0 Å². The maximum absolute atomic E-state index is 11.8. The first kappa shape index (κ1) is 15.4. The Bertz CT molecular complexity index is 251. The van der Waals surface area contributed by atoms with Crippen molar-refractivity contribution < 1.29 is 14.6 Å². The molecular weight excluding hydrogens is 232 g/mol. The van der Waals surface area contributed by atoms with Crippen LogP contribution in [0, 0.1) is 0 Å². The lowest BCUT2D eigenvalue weighted by Crippen LogP contribution is -2.54. The van der Waals surface area contributed by atoms with E-state index in [1.54, 1.807) is 0 Å². The highest BCUT2D eigenvalue weighted by molar-refractivity contribution is 5.76. The molecule has 0 unspecified atom stereocenters. The largest absolute Gasteiger partial charge is 0.394 e. The molecule has 1 aliphatic rings. The number of amides is 1. The first-order valence-electron chi connectivity index (χ1n) is 6.81. The number of nitrogens with one attached hydrogen (secondary N) is 2. The smallest absolute Gasteiger partial charge is 0.220 e. The Balaban J connectivity index is 2.25. The summed E-state index contributed by atoms with van der Waals surface area (Å²) in [5.41, 5.74) is -0.458. The van der Waals surface area contributed by atoms with Crippen molar-refractivity contribution in [3.05, 3.63) is 0 Å². The molecular formula is C13H26N2O3. The van der Waals surface area contributed by atoms with Crippen LogP contribution in [0.5, 0.6) is 0 Å². The zero-order valence-corrected chi connectivity index (χ0v) is 11.5. The Hall–Kier alpha value is -0.650. The number of carbonyl (C=O) groups excluding carboxylic acids is 1. The lowest BCUT2D eigenvalue weighted by atomic mass is 9.91. The van der Waals surface area contributed by atoms with Crippen LogP contribution >= 0.6 is 0 Å². The lowest BCUT2D eigenvalue weighted by Gasteiger charge is -2.36. The van der Waals surface area contributed by atoms with Crippen LogP contribution in [-0.2, 0) is 9.53 Å². The molecule has 1 fully saturated rings. The minimum Gasteiger partial charge on any atom is -0.394 e.